The van der Waals surface area contributed by atoms with E-state index in [4.69, 9.17) is 9.84 Å². The van der Waals surface area contributed by atoms with E-state index in [-0.39, 0.29) is 5.56 Å². The topological polar surface area (TPSA) is 46.5 Å². The molecule has 0 heterocycles. The van der Waals surface area contributed by atoms with Crippen LogP contribution in [0.1, 0.15) is 10.4 Å². The third-order valence-corrected chi connectivity index (χ3v) is 2.51. The Labute approximate surface area is 101 Å². The zero-order valence-electron chi connectivity index (χ0n) is 8.31. The first-order valence-corrected chi connectivity index (χ1v) is 5.79. The summed E-state index contributed by atoms with van der Waals surface area (Å²) in [6, 6.07) is 10.7. The van der Waals surface area contributed by atoms with E-state index in [1.54, 1.807) is 6.07 Å². The van der Waals surface area contributed by atoms with Crippen LogP contribution in [0.2, 0.25) is 0 Å². The second-order valence-corrected chi connectivity index (χ2v) is 3.71. The highest BCUT2D eigenvalue weighted by atomic mass is 79.9. The number of fused-ring (bicyclic) bond motifs is 1. The minimum atomic E-state index is -0.954. The van der Waals surface area contributed by atoms with Crippen LogP contribution in [-0.4, -0.2) is 16.6 Å². The molecule has 0 atom stereocenters. The van der Waals surface area contributed by atoms with Gasteiger partial charge in [0, 0.05) is 5.39 Å². The Morgan fingerprint density at radius 3 is 2.75 bits per heavy atom. The highest BCUT2D eigenvalue weighted by Gasteiger charge is 2.09. The minimum absolute atomic E-state index is 0.231. The monoisotopic (exact) mass is 280 g/mol. The van der Waals surface area contributed by atoms with E-state index in [0.717, 1.165) is 10.8 Å². The summed E-state index contributed by atoms with van der Waals surface area (Å²) < 4.78 is 5.36. The van der Waals surface area contributed by atoms with Crippen molar-refractivity contribution < 1.29 is 14.6 Å². The molecule has 2 aromatic carbocycles. The number of benzene rings is 2. The summed E-state index contributed by atoms with van der Waals surface area (Å²) in [6.45, 7) is 0. The number of carboxylic acids is 1. The zero-order chi connectivity index (χ0) is 11.5. The van der Waals surface area contributed by atoms with Gasteiger partial charge in [0.2, 0.25) is 0 Å². The summed E-state index contributed by atoms with van der Waals surface area (Å²) in [6.07, 6.45) is 0. The predicted molar refractivity (Wildman–Crippen MR) is 65.3 cm³/mol. The number of hydrogen-bond acceptors (Lipinski definition) is 2. The number of carbonyl (C=O) groups is 1. The molecule has 0 aliphatic rings. The summed E-state index contributed by atoms with van der Waals surface area (Å²) >= 11 is 3.16. The van der Waals surface area contributed by atoms with Crippen molar-refractivity contribution in [2.75, 3.05) is 5.52 Å². The molecule has 0 radical (unpaired) electrons. The van der Waals surface area contributed by atoms with Gasteiger partial charge in [0.25, 0.3) is 0 Å². The maximum atomic E-state index is 10.9. The van der Waals surface area contributed by atoms with Crippen molar-refractivity contribution in [1.29, 1.82) is 0 Å². The van der Waals surface area contributed by atoms with Crippen LogP contribution >= 0.6 is 15.9 Å². The lowest BCUT2D eigenvalue weighted by Gasteiger charge is -2.08. The first kappa shape index (κ1) is 11.0. The Kier molecular flexibility index (Phi) is 3.10. The van der Waals surface area contributed by atoms with Crippen molar-refractivity contribution in [2.24, 2.45) is 0 Å². The molecule has 2 aromatic rings. The molecule has 1 N–H and O–H groups in total. The van der Waals surface area contributed by atoms with Crippen LogP contribution in [0.15, 0.2) is 36.4 Å². The molecule has 3 nitrogen and oxygen atoms in total. The molecule has 0 aliphatic heterocycles. The molecular weight excluding hydrogens is 272 g/mol. The molecule has 0 aromatic heterocycles. The fourth-order valence-corrected chi connectivity index (χ4v) is 1.82. The number of hydrogen-bond donors (Lipinski definition) is 1. The van der Waals surface area contributed by atoms with Gasteiger partial charge in [-0.05, 0) is 33.4 Å². The molecule has 0 spiro atoms. The Hall–Kier alpha value is -1.55. The molecule has 0 unspecified atom stereocenters. The number of alkyl halides is 1. The third kappa shape index (κ3) is 2.02. The van der Waals surface area contributed by atoms with Gasteiger partial charge in [-0.15, -0.1) is 0 Å². The molecule has 4 heteroatoms. The molecule has 82 valence electrons. The van der Waals surface area contributed by atoms with Crippen molar-refractivity contribution in [2.45, 2.75) is 0 Å². The lowest BCUT2D eigenvalue weighted by atomic mass is 10.1. The highest BCUT2D eigenvalue weighted by Crippen LogP contribution is 2.27. The van der Waals surface area contributed by atoms with E-state index in [0.29, 0.717) is 11.3 Å². The minimum Gasteiger partial charge on any atom is -0.482 e. The van der Waals surface area contributed by atoms with Crippen LogP contribution in [-0.2, 0) is 0 Å². The number of carboxylic acid groups (broad SMARTS) is 1. The van der Waals surface area contributed by atoms with Crippen molar-refractivity contribution in [3.8, 4) is 5.75 Å². The van der Waals surface area contributed by atoms with E-state index in [1.165, 1.54) is 6.07 Å². The van der Waals surface area contributed by atoms with E-state index < -0.39 is 5.97 Å². The van der Waals surface area contributed by atoms with Crippen LogP contribution in [0, 0.1) is 0 Å². The van der Waals surface area contributed by atoms with E-state index in [2.05, 4.69) is 15.9 Å². The van der Waals surface area contributed by atoms with Gasteiger partial charge in [-0.2, -0.15) is 0 Å². The lowest BCUT2D eigenvalue weighted by molar-refractivity contribution is 0.0696. The maximum Gasteiger partial charge on any atom is 0.335 e. The van der Waals surface area contributed by atoms with Gasteiger partial charge < -0.3 is 9.84 Å². The highest BCUT2D eigenvalue weighted by molar-refractivity contribution is 9.09. The van der Waals surface area contributed by atoms with Gasteiger partial charge in [0.05, 0.1) is 5.56 Å². The molecule has 0 fully saturated rings. The van der Waals surface area contributed by atoms with Crippen molar-refractivity contribution in [1.82, 2.24) is 0 Å². The van der Waals surface area contributed by atoms with Crippen LogP contribution in [0.25, 0.3) is 10.8 Å². The zero-order valence-corrected chi connectivity index (χ0v) is 9.90. The van der Waals surface area contributed by atoms with Gasteiger partial charge in [-0.25, -0.2) is 4.79 Å². The Morgan fingerprint density at radius 2 is 2.06 bits per heavy atom. The van der Waals surface area contributed by atoms with Crippen molar-refractivity contribution in [3.63, 3.8) is 0 Å². The molecule has 0 amide bonds. The van der Waals surface area contributed by atoms with Gasteiger partial charge in [-0.3, -0.25) is 0 Å². The molecule has 0 bridgehead atoms. The molecule has 2 rings (SSSR count). The first-order chi connectivity index (χ1) is 7.72. The molecule has 0 saturated heterocycles. The van der Waals surface area contributed by atoms with E-state index in [9.17, 15) is 4.79 Å². The molecule has 16 heavy (non-hydrogen) atoms. The van der Waals surface area contributed by atoms with Crippen molar-refractivity contribution >= 4 is 32.7 Å². The Bertz CT molecular complexity index is 537. The van der Waals surface area contributed by atoms with E-state index in [1.807, 2.05) is 24.3 Å². The Morgan fingerprint density at radius 1 is 1.31 bits per heavy atom. The maximum absolute atomic E-state index is 10.9. The quantitative estimate of drug-likeness (QED) is 0.878. The fraction of sp³-hybridized carbons (Fsp3) is 0.0833. The number of ether oxygens (including phenoxy) is 1. The molecular formula is C12H9BrO3. The predicted octanol–water partition coefficient (Wildman–Crippen LogP) is 3.27. The first-order valence-electron chi connectivity index (χ1n) is 4.67. The second kappa shape index (κ2) is 4.53. The normalized spacial score (nSPS) is 10.3. The van der Waals surface area contributed by atoms with Gasteiger partial charge >= 0.3 is 5.97 Å². The van der Waals surface area contributed by atoms with Gasteiger partial charge in [0.15, 0.2) is 0 Å². The van der Waals surface area contributed by atoms with Crippen molar-refractivity contribution in [3.05, 3.63) is 42.0 Å². The van der Waals surface area contributed by atoms with Gasteiger partial charge in [0.1, 0.15) is 11.3 Å². The average molecular weight is 281 g/mol. The SMILES string of the molecule is O=C(O)c1cc(OCBr)c2ccccc2c1. The van der Waals surface area contributed by atoms with Crippen LogP contribution in [0.4, 0.5) is 0 Å². The van der Waals surface area contributed by atoms with Crippen LogP contribution in [0.5, 0.6) is 5.75 Å². The van der Waals surface area contributed by atoms with Gasteiger partial charge in [-0.1, -0.05) is 24.3 Å². The third-order valence-electron chi connectivity index (χ3n) is 2.28. The molecule has 0 saturated carbocycles. The summed E-state index contributed by atoms with van der Waals surface area (Å²) in [7, 11) is 0. The molecule has 0 aliphatic carbocycles. The largest absolute Gasteiger partial charge is 0.482 e. The number of aromatic carboxylic acids is 1. The Balaban J connectivity index is 2.68. The summed E-state index contributed by atoms with van der Waals surface area (Å²) in [5.41, 5.74) is 0.565. The summed E-state index contributed by atoms with van der Waals surface area (Å²) in [5, 5.41) is 10.7. The lowest BCUT2D eigenvalue weighted by Crippen LogP contribution is -1.98. The summed E-state index contributed by atoms with van der Waals surface area (Å²) in [5.74, 6) is -0.377. The average Bonchev–Trinajstić information content (AvgIpc) is 2.29. The number of rotatable bonds is 3. The van der Waals surface area contributed by atoms with Crippen LogP contribution in [0.3, 0.4) is 0 Å². The standard InChI is InChI=1S/C12H9BrO3/c13-7-16-11-6-9(12(14)15)5-8-3-1-2-4-10(8)11/h1-6H,7H2,(H,14,15). The van der Waals surface area contributed by atoms with E-state index >= 15 is 0 Å². The second-order valence-electron chi connectivity index (χ2n) is 3.25. The van der Waals surface area contributed by atoms with Crippen LogP contribution < -0.4 is 4.74 Å². The summed E-state index contributed by atoms with van der Waals surface area (Å²) in [4.78, 5) is 10.9. The fourth-order valence-electron chi connectivity index (χ4n) is 1.58. The number of halogens is 1. The smallest absolute Gasteiger partial charge is 0.335 e.